The molecule has 182 valence electrons. The highest BCUT2D eigenvalue weighted by molar-refractivity contribution is 5.92. The van der Waals surface area contributed by atoms with E-state index in [-0.39, 0.29) is 31.6 Å². The number of amides is 2. The number of methoxy groups -OCH3 is 1. The number of hydrogen-bond donors (Lipinski definition) is 2. The molecule has 8 heteroatoms. The molecule has 1 unspecified atom stereocenters. The van der Waals surface area contributed by atoms with E-state index in [1.165, 1.54) is 12.0 Å². The number of carbonyl (C=O) groups is 3. The molecule has 2 amide bonds. The maximum atomic E-state index is 13.4. The standard InChI is InChI=1S/C26H32N2O6/c1-5-26(16-33-4,24(31)28(17(2)3)14-23(29)30)27-25(32)34-15-22-20-12-8-6-10-18(20)19-11-7-9-13-21(19)22/h6-13,17,22H,5,14-16H2,1-4H3,(H,27,32)(H,29,30). The molecule has 0 heterocycles. The number of ether oxygens (including phenoxy) is 2. The van der Waals surface area contributed by atoms with Crippen LogP contribution in [0.4, 0.5) is 4.79 Å². The van der Waals surface area contributed by atoms with E-state index in [0.29, 0.717) is 0 Å². The van der Waals surface area contributed by atoms with Gasteiger partial charge < -0.3 is 24.8 Å². The van der Waals surface area contributed by atoms with Crippen LogP contribution in [0.5, 0.6) is 0 Å². The van der Waals surface area contributed by atoms with E-state index in [2.05, 4.69) is 17.4 Å². The number of aliphatic carboxylic acids is 1. The van der Waals surface area contributed by atoms with Crippen molar-refractivity contribution < 1.29 is 29.0 Å². The number of carbonyl (C=O) groups excluding carboxylic acids is 2. The zero-order chi connectivity index (χ0) is 24.9. The number of fused-ring (bicyclic) bond motifs is 3. The lowest BCUT2D eigenvalue weighted by Crippen LogP contribution is -2.63. The molecule has 8 nitrogen and oxygen atoms in total. The van der Waals surface area contributed by atoms with Crippen molar-refractivity contribution in [3.63, 3.8) is 0 Å². The molecule has 2 N–H and O–H groups in total. The van der Waals surface area contributed by atoms with Gasteiger partial charge in [-0.3, -0.25) is 9.59 Å². The third kappa shape index (κ3) is 5.07. The minimum atomic E-state index is -1.45. The second kappa shape index (κ2) is 10.7. The van der Waals surface area contributed by atoms with Gasteiger partial charge in [-0.2, -0.15) is 0 Å². The Bertz CT molecular complexity index is 1010. The fourth-order valence-electron chi connectivity index (χ4n) is 4.48. The summed E-state index contributed by atoms with van der Waals surface area (Å²) in [5.74, 6) is -1.78. The minimum absolute atomic E-state index is 0.101. The minimum Gasteiger partial charge on any atom is -0.480 e. The number of benzene rings is 2. The van der Waals surface area contributed by atoms with Crippen molar-refractivity contribution in [2.24, 2.45) is 0 Å². The summed E-state index contributed by atoms with van der Waals surface area (Å²) in [5.41, 5.74) is 2.95. The number of nitrogens with zero attached hydrogens (tertiary/aromatic N) is 1. The molecule has 1 aliphatic rings. The summed E-state index contributed by atoms with van der Waals surface area (Å²) < 4.78 is 10.9. The lowest BCUT2D eigenvalue weighted by Gasteiger charge is -2.37. The van der Waals surface area contributed by atoms with Crippen molar-refractivity contribution in [1.29, 1.82) is 0 Å². The highest BCUT2D eigenvalue weighted by Gasteiger charge is 2.43. The van der Waals surface area contributed by atoms with Crippen LogP contribution in [-0.4, -0.2) is 66.4 Å². The van der Waals surface area contributed by atoms with Crippen LogP contribution in [0, 0.1) is 0 Å². The van der Waals surface area contributed by atoms with Crippen molar-refractivity contribution in [3.05, 3.63) is 59.7 Å². The van der Waals surface area contributed by atoms with Crippen LogP contribution in [0.25, 0.3) is 11.1 Å². The Hall–Kier alpha value is -3.39. The van der Waals surface area contributed by atoms with Gasteiger partial charge in [0.25, 0.3) is 5.91 Å². The van der Waals surface area contributed by atoms with Crippen LogP contribution in [-0.2, 0) is 19.1 Å². The van der Waals surface area contributed by atoms with E-state index in [9.17, 15) is 19.5 Å². The van der Waals surface area contributed by atoms with Gasteiger partial charge in [0.05, 0.1) is 6.61 Å². The van der Waals surface area contributed by atoms with Gasteiger partial charge in [0.15, 0.2) is 0 Å². The van der Waals surface area contributed by atoms with E-state index < -0.39 is 30.1 Å². The van der Waals surface area contributed by atoms with Crippen molar-refractivity contribution in [2.45, 2.75) is 44.7 Å². The van der Waals surface area contributed by atoms with Gasteiger partial charge in [-0.05, 0) is 42.5 Å². The molecule has 0 aromatic heterocycles. The molecule has 0 radical (unpaired) electrons. The maximum Gasteiger partial charge on any atom is 0.408 e. The monoisotopic (exact) mass is 468 g/mol. The highest BCUT2D eigenvalue weighted by atomic mass is 16.5. The summed E-state index contributed by atoms with van der Waals surface area (Å²) in [7, 11) is 1.42. The first-order valence-electron chi connectivity index (χ1n) is 11.4. The van der Waals surface area contributed by atoms with Gasteiger partial charge >= 0.3 is 12.1 Å². The first-order chi connectivity index (χ1) is 16.2. The predicted octanol–water partition coefficient (Wildman–Crippen LogP) is 3.64. The third-order valence-corrected chi connectivity index (χ3v) is 6.28. The van der Waals surface area contributed by atoms with Crippen LogP contribution in [0.3, 0.4) is 0 Å². The van der Waals surface area contributed by atoms with Crippen molar-refractivity contribution in [1.82, 2.24) is 10.2 Å². The second-order valence-electron chi connectivity index (χ2n) is 8.74. The largest absolute Gasteiger partial charge is 0.480 e. The van der Waals surface area contributed by atoms with Crippen LogP contribution < -0.4 is 5.32 Å². The quantitative estimate of drug-likeness (QED) is 0.552. The van der Waals surface area contributed by atoms with Gasteiger partial charge in [0.2, 0.25) is 0 Å². The molecule has 2 aromatic rings. The van der Waals surface area contributed by atoms with Crippen LogP contribution in [0.2, 0.25) is 0 Å². The number of hydrogen-bond acceptors (Lipinski definition) is 5. The molecule has 0 bridgehead atoms. The summed E-state index contributed by atoms with van der Waals surface area (Å²) in [6, 6.07) is 15.7. The number of nitrogens with one attached hydrogen (secondary N) is 1. The Labute approximate surface area is 199 Å². The van der Waals surface area contributed by atoms with Crippen molar-refractivity contribution >= 4 is 18.0 Å². The van der Waals surface area contributed by atoms with Gasteiger partial charge in [0.1, 0.15) is 18.7 Å². The molecule has 0 aliphatic heterocycles. The zero-order valence-corrected chi connectivity index (χ0v) is 20.0. The lowest BCUT2D eigenvalue weighted by atomic mass is 9.94. The average molecular weight is 469 g/mol. The average Bonchev–Trinajstić information content (AvgIpc) is 3.14. The Morgan fingerprint density at radius 2 is 1.62 bits per heavy atom. The van der Waals surface area contributed by atoms with E-state index in [4.69, 9.17) is 9.47 Å². The summed E-state index contributed by atoms with van der Waals surface area (Å²) in [4.78, 5) is 38.9. The molecule has 1 atom stereocenters. The molecule has 34 heavy (non-hydrogen) atoms. The van der Waals surface area contributed by atoms with E-state index >= 15 is 0 Å². The summed E-state index contributed by atoms with van der Waals surface area (Å²) in [5, 5.41) is 12.0. The smallest absolute Gasteiger partial charge is 0.408 e. The second-order valence-corrected chi connectivity index (χ2v) is 8.74. The van der Waals surface area contributed by atoms with E-state index in [1.54, 1.807) is 20.8 Å². The zero-order valence-electron chi connectivity index (χ0n) is 20.0. The van der Waals surface area contributed by atoms with Crippen molar-refractivity contribution in [3.8, 4) is 11.1 Å². The van der Waals surface area contributed by atoms with Gasteiger partial charge in [-0.15, -0.1) is 0 Å². The van der Waals surface area contributed by atoms with E-state index in [1.807, 2.05) is 36.4 Å². The molecule has 3 rings (SSSR count). The van der Waals surface area contributed by atoms with Crippen LogP contribution >= 0.6 is 0 Å². The summed E-state index contributed by atoms with van der Waals surface area (Å²) in [6.45, 7) is 4.69. The number of rotatable bonds is 10. The Morgan fingerprint density at radius 3 is 2.09 bits per heavy atom. The molecule has 1 aliphatic carbocycles. The SMILES string of the molecule is CCC(COC)(NC(=O)OCC1c2ccccc2-c2ccccc21)C(=O)N(CC(=O)O)C(C)C. The third-order valence-electron chi connectivity index (χ3n) is 6.28. The topological polar surface area (TPSA) is 105 Å². The summed E-state index contributed by atoms with van der Waals surface area (Å²) >= 11 is 0. The van der Waals surface area contributed by atoms with Crippen LogP contribution in [0.15, 0.2) is 48.5 Å². The maximum absolute atomic E-state index is 13.4. The lowest BCUT2D eigenvalue weighted by molar-refractivity contribution is -0.150. The fourth-order valence-corrected chi connectivity index (χ4v) is 4.48. The molecule has 0 saturated heterocycles. The highest BCUT2D eigenvalue weighted by Crippen LogP contribution is 2.44. The van der Waals surface area contributed by atoms with E-state index in [0.717, 1.165) is 22.3 Å². The molecule has 2 aromatic carbocycles. The molecular weight excluding hydrogens is 436 g/mol. The molecule has 0 spiro atoms. The van der Waals surface area contributed by atoms with Crippen LogP contribution in [0.1, 0.15) is 44.2 Å². The van der Waals surface area contributed by atoms with Gasteiger partial charge in [-0.25, -0.2) is 4.79 Å². The number of carboxylic acids is 1. The Kier molecular flexibility index (Phi) is 7.94. The number of carboxylic acid groups (broad SMARTS) is 1. The Balaban J connectivity index is 1.78. The van der Waals surface area contributed by atoms with Crippen molar-refractivity contribution in [2.75, 3.05) is 26.9 Å². The summed E-state index contributed by atoms with van der Waals surface area (Å²) in [6.07, 6.45) is -0.555. The first-order valence-corrected chi connectivity index (χ1v) is 11.4. The fraction of sp³-hybridized carbons (Fsp3) is 0.423. The van der Waals surface area contributed by atoms with Gasteiger partial charge in [0, 0.05) is 19.1 Å². The molecular formula is C26H32N2O6. The Morgan fingerprint density at radius 1 is 1.06 bits per heavy atom. The first kappa shape index (κ1) is 25.2. The van der Waals surface area contributed by atoms with Gasteiger partial charge in [-0.1, -0.05) is 55.5 Å². The predicted molar refractivity (Wildman–Crippen MR) is 128 cm³/mol. The molecule has 0 fully saturated rings. The normalized spacial score (nSPS) is 14.1. The number of alkyl carbamates (subject to hydrolysis) is 1. The molecule has 0 saturated carbocycles.